The molecule has 0 saturated heterocycles. The van der Waals surface area contributed by atoms with Gasteiger partial charge in [-0.2, -0.15) is 12.7 Å². The third-order valence-electron chi connectivity index (χ3n) is 7.23. The molecular formula is C31H38N4O4S. The summed E-state index contributed by atoms with van der Waals surface area (Å²) in [7, 11) is -1.13. The minimum Gasteiger partial charge on any atom is -0.352 e. The van der Waals surface area contributed by atoms with Crippen LogP contribution in [0.5, 0.6) is 0 Å². The molecule has 1 saturated carbocycles. The van der Waals surface area contributed by atoms with E-state index in [-0.39, 0.29) is 18.5 Å². The third kappa shape index (κ3) is 7.49. The zero-order valence-corrected chi connectivity index (χ0v) is 24.0. The maximum atomic E-state index is 14.2. The van der Waals surface area contributed by atoms with Crippen LogP contribution >= 0.6 is 0 Å². The minimum atomic E-state index is -4.00. The van der Waals surface area contributed by atoms with Crippen molar-refractivity contribution in [2.75, 3.05) is 24.9 Å². The van der Waals surface area contributed by atoms with E-state index < -0.39 is 28.7 Å². The molecule has 0 radical (unpaired) electrons. The quantitative estimate of drug-likeness (QED) is 0.361. The number of benzene rings is 3. The van der Waals surface area contributed by atoms with Crippen LogP contribution in [-0.4, -0.2) is 62.2 Å². The normalized spacial score (nSPS) is 14.6. The van der Waals surface area contributed by atoms with E-state index in [1.807, 2.05) is 60.7 Å². The Morgan fingerprint density at radius 1 is 0.825 bits per heavy atom. The molecule has 0 bridgehead atoms. The van der Waals surface area contributed by atoms with Crippen molar-refractivity contribution < 1.29 is 18.0 Å². The number of amides is 2. The van der Waals surface area contributed by atoms with Crippen LogP contribution in [0, 0.1) is 0 Å². The second-order valence-corrected chi connectivity index (χ2v) is 12.4. The number of anilines is 1. The average molecular weight is 563 g/mol. The molecular weight excluding hydrogens is 524 g/mol. The first-order valence-corrected chi connectivity index (χ1v) is 15.1. The molecule has 1 atom stereocenters. The smallest absolute Gasteiger partial charge is 0.304 e. The van der Waals surface area contributed by atoms with Crippen LogP contribution in [0.25, 0.3) is 0 Å². The number of rotatable bonds is 12. The van der Waals surface area contributed by atoms with Gasteiger partial charge >= 0.3 is 10.2 Å². The molecule has 0 aromatic heterocycles. The van der Waals surface area contributed by atoms with Crippen LogP contribution < -0.4 is 9.62 Å². The molecule has 0 heterocycles. The first-order valence-electron chi connectivity index (χ1n) is 13.7. The summed E-state index contributed by atoms with van der Waals surface area (Å²) in [5, 5.41) is 3.18. The Kier molecular flexibility index (Phi) is 9.95. The van der Waals surface area contributed by atoms with Crippen molar-refractivity contribution in [2.24, 2.45) is 0 Å². The van der Waals surface area contributed by atoms with E-state index in [1.54, 1.807) is 30.3 Å². The zero-order chi connectivity index (χ0) is 28.5. The number of para-hydroxylation sites is 1. The van der Waals surface area contributed by atoms with Gasteiger partial charge in [0.05, 0.1) is 5.69 Å². The number of carbonyl (C=O) groups excluding carboxylic acids is 2. The number of nitrogens with one attached hydrogen (secondary N) is 1. The van der Waals surface area contributed by atoms with Gasteiger partial charge in [0.15, 0.2) is 0 Å². The maximum Gasteiger partial charge on any atom is 0.304 e. The Morgan fingerprint density at radius 2 is 1.35 bits per heavy atom. The van der Waals surface area contributed by atoms with E-state index in [4.69, 9.17) is 0 Å². The average Bonchev–Trinajstić information content (AvgIpc) is 3.48. The Labute approximate surface area is 237 Å². The topological polar surface area (TPSA) is 90.0 Å². The van der Waals surface area contributed by atoms with Gasteiger partial charge in [0.2, 0.25) is 11.8 Å². The summed E-state index contributed by atoms with van der Waals surface area (Å²) >= 11 is 0. The van der Waals surface area contributed by atoms with Gasteiger partial charge in [-0.05, 0) is 36.1 Å². The molecule has 2 amide bonds. The standard InChI is InChI=1S/C31H38N4O4S/c1-33(2)40(38,39)35(28-20-10-5-11-21-28)24-30(36)34(23-26-16-8-4-9-17-26)29(22-25-14-6-3-7-15-25)31(37)32-27-18-12-13-19-27/h3-11,14-17,20-21,27,29H,12-13,18-19,22-24H2,1-2H3,(H,32,37)/t29-/m0/s1. The summed E-state index contributed by atoms with van der Waals surface area (Å²) in [4.78, 5) is 29.6. The van der Waals surface area contributed by atoms with Gasteiger partial charge in [0, 0.05) is 33.1 Å². The minimum absolute atomic E-state index is 0.0781. The van der Waals surface area contributed by atoms with Crippen LogP contribution in [0.3, 0.4) is 0 Å². The van der Waals surface area contributed by atoms with Crippen LogP contribution in [0.4, 0.5) is 5.69 Å². The van der Waals surface area contributed by atoms with E-state index in [9.17, 15) is 18.0 Å². The molecule has 8 nitrogen and oxygen atoms in total. The van der Waals surface area contributed by atoms with Gasteiger partial charge in [-0.25, -0.2) is 4.31 Å². The molecule has 0 spiro atoms. The van der Waals surface area contributed by atoms with Crippen LogP contribution in [0.15, 0.2) is 91.0 Å². The monoisotopic (exact) mass is 562 g/mol. The summed E-state index contributed by atoms with van der Waals surface area (Å²) in [6.07, 6.45) is 4.27. The lowest BCUT2D eigenvalue weighted by atomic mass is 10.0. The first-order chi connectivity index (χ1) is 19.3. The van der Waals surface area contributed by atoms with Crippen LogP contribution in [-0.2, 0) is 32.8 Å². The van der Waals surface area contributed by atoms with E-state index in [0.717, 1.165) is 45.4 Å². The zero-order valence-electron chi connectivity index (χ0n) is 23.1. The summed E-state index contributed by atoms with van der Waals surface area (Å²) in [6.45, 7) is -0.279. The lowest BCUT2D eigenvalue weighted by Crippen LogP contribution is -2.55. The van der Waals surface area contributed by atoms with Crippen LogP contribution in [0.1, 0.15) is 36.8 Å². The summed E-state index contributed by atoms with van der Waals surface area (Å²) < 4.78 is 28.9. The van der Waals surface area contributed by atoms with Crippen molar-refractivity contribution in [3.05, 3.63) is 102 Å². The van der Waals surface area contributed by atoms with E-state index in [0.29, 0.717) is 12.1 Å². The van der Waals surface area contributed by atoms with Crippen molar-refractivity contribution in [3.63, 3.8) is 0 Å². The summed E-state index contributed by atoms with van der Waals surface area (Å²) in [5.74, 6) is -0.678. The Morgan fingerprint density at radius 3 is 1.90 bits per heavy atom. The van der Waals surface area contributed by atoms with Gasteiger partial charge in [-0.15, -0.1) is 0 Å². The molecule has 40 heavy (non-hydrogen) atoms. The fraction of sp³-hybridized carbons (Fsp3) is 0.355. The van der Waals surface area contributed by atoms with E-state index in [2.05, 4.69) is 5.32 Å². The Bertz CT molecular complexity index is 1350. The summed E-state index contributed by atoms with van der Waals surface area (Å²) in [6, 6.07) is 26.9. The van der Waals surface area contributed by atoms with Gasteiger partial charge < -0.3 is 10.2 Å². The van der Waals surface area contributed by atoms with Crippen molar-refractivity contribution in [1.29, 1.82) is 0 Å². The third-order valence-corrected chi connectivity index (χ3v) is 9.05. The number of hydrogen-bond acceptors (Lipinski definition) is 4. The predicted octanol–water partition coefficient (Wildman–Crippen LogP) is 4.00. The molecule has 0 unspecified atom stereocenters. The van der Waals surface area contributed by atoms with Gasteiger partial charge in [-0.1, -0.05) is 91.7 Å². The molecule has 3 aromatic carbocycles. The SMILES string of the molecule is CN(C)S(=O)(=O)N(CC(=O)N(Cc1ccccc1)[C@@H](Cc1ccccc1)C(=O)NC1CCCC1)c1ccccc1. The van der Waals surface area contributed by atoms with Gasteiger partial charge in [0.25, 0.3) is 0 Å². The molecule has 1 aliphatic rings. The van der Waals surface area contributed by atoms with Crippen molar-refractivity contribution in [2.45, 2.75) is 50.7 Å². The Hall–Kier alpha value is -3.69. The van der Waals surface area contributed by atoms with Crippen molar-refractivity contribution in [3.8, 4) is 0 Å². The highest BCUT2D eigenvalue weighted by molar-refractivity contribution is 7.90. The number of hydrogen-bond donors (Lipinski definition) is 1. The molecule has 3 aromatic rings. The number of nitrogens with zero attached hydrogens (tertiary/aromatic N) is 3. The van der Waals surface area contributed by atoms with Crippen molar-refractivity contribution >= 4 is 27.7 Å². The fourth-order valence-corrected chi connectivity index (χ4v) is 6.07. The second kappa shape index (κ2) is 13.6. The number of carbonyl (C=O) groups is 2. The molecule has 1 aliphatic carbocycles. The molecule has 0 aliphatic heterocycles. The highest BCUT2D eigenvalue weighted by Gasteiger charge is 2.35. The van der Waals surface area contributed by atoms with E-state index >= 15 is 0 Å². The summed E-state index contributed by atoms with van der Waals surface area (Å²) in [5.41, 5.74) is 2.14. The first kappa shape index (κ1) is 29.3. The van der Waals surface area contributed by atoms with Crippen molar-refractivity contribution in [1.82, 2.24) is 14.5 Å². The molecule has 1 fully saturated rings. The van der Waals surface area contributed by atoms with Crippen LogP contribution in [0.2, 0.25) is 0 Å². The largest absolute Gasteiger partial charge is 0.352 e. The van der Waals surface area contributed by atoms with Gasteiger partial charge in [-0.3, -0.25) is 9.59 Å². The Balaban J connectivity index is 1.72. The fourth-order valence-electron chi connectivity index (χ4n) is 5.01. The molecule has 212 valence electrons. The highest BCUT2D eigenvalue weighted by Crippen LogP contribution is 2.23. The molecule has 1 N–H and O–H groups in total. The van der Waals surface area contributed by atoms with E-state index in [1.165, 1.54) is 19.0 Å². The molecule has 4 rings (SSSR count). The lowest BCUT2D eigenvalue weighted by molar-refractivity contribution is -0.140. The maximum absolute atomic E-state index is 14.2. The van der Waals surface area contributed by atoms with Gasteiger partial charge in [0.1, 0.15) is 12.6 Å². The predicted molar refractivity (Wildman–Crippen MR) is 158 cm³/mol. The second-order valence-electron chi connectivity index (χ2n) is 10.3. The molecule has 9 heteroatoms. The highest BCUT2D eigenvalue weighted by atomic mass is 32.2. The lowest BCUT2D eigenvalue weighted by Gasteiger charge is -2.35.